The van der Waals surface area contributed by atoms with Crippen molar-refractivity contribution in [2.75, 3.05) is 0 Å². The molecule has 0 bridgehead atoms. The standard InChI is InChI=1S/C29H20N6S/c1-2-17-34-27(21-13-7-4-8-14-21)32-33-29(34)36-26-18-22(20-11-5-3-6-12-20)23(19-30)28-31-24-15-9-10-16-25(24)35(26)28/h2-16,18H,1,17H2. The lowest BCUT2D eigenvalue weighted by Crippen LogP contribution is -2.02. The van der Waals surface area contributed by atoms with Gasteiger partial charge in [0, 0.05) is 17.7 Å². The maximum absolute atomic E-state index is 10.2. The van der Waals surface area contributed by atoms with Crippen molar-refractivity contribution in [1.29, 1.82) is 5.26 Å². The highest BCUT2D eigenvalue weighted by Gasteiger charge is 2.21. The van der Waals surface area contributed by atoms with Crippen LogP contribution in [-0.2, 0) is 6.54 Å². The van der Waals surface area contributed by atoms with Gasteiger partial charge in [0.1, 0.15) is 11.6 Å². The van der Waals surface area contributed by atoms with E-state index in [2.05, 4.69) is 33.5 Å². The van der Waals surface area contributed by atoms with Crippen molar-refractivity contribution in [3.63, 3.8) is 0 Å². The molecule has 0 amide bonds. The van der Waals surface area contributed by atoms with Gasteiger partial charge in [0.05, 0.1) is 16.1 Å². The van der Waals surface area contributed by atoms with Gasteiger partial charge in [0.15, 0.2) is 16.6 Å². The second-order valence-electron chi connectivity index (χ2n) is 8.18. The third-order valence-electron chi connectivity index (χ3n) is 5.99. The largest absolute Gasteiger partial charge is 0.298 e. The van der Waals surface area contributed by atoms with Crippen molar-refractivity contribution in [1.82, 2.24) is 24.1 Å². The fraction of sp³-hybridized carbons (Fsp3) is 0.0345. The number of fused-ring (bicyclic) bond motifs is 3. The molecule has 3 aromatic heterocycles. The quantitative estimate of drug-likeness (QED) is 0.248. The highest BCUT2D eigenvalue weighted by molar-refractivity contribution is 7.99. The van der Waals surface area contributed by atoms with Crippen molar-refractivity contribution >= 4 is 28.4 Å². The molecule has 0 radical (unpaired) electrons. The van der Waals surface area contributed by atoms with Crippen molar-refractivity contribution in [2.24, 2.45) is 0 Å². The highest BCUT2D eigenvalue weighted by Crippen LogP contribution is 2.37. The van der Waals surface area contributed by atoms with Crippen LogP contribution in [-0.4, -0.2) is 24.1 Å². The predicted molar refractivity (Wildman–Crippen MR) is 143 cm³/mol. The summed E-state index contributed by atoms with van der Waals surface area (Å²) in [6, 6.07) is 32.3. The highest BCUT2D eigenvalue weighted by atomic mass is 32.2. The van der Waals surface area contributed by atoms with Gasteiger partial charge in [-0.3, -0.25) is 8.97 Å². The van der Waals surface area contributed by atoms with E-state index < -0.39 is 0 Å². The third kappa shape index (κ3) is 3.65. The van der Waals surface area contributed by atoms with Crippen molar-refractivity contribution in [3.8, 4) is 28.6 Å². The summed E-state index contributed by atoms with van der Waals surface area (Å²) >= 11 is 1.50. The number of para-hydroxylation sites is 2. The Balaban J connectivity index is 1.60. The number of pyridine rings is 1. The summed E-state index contributed by atoms with van der Waals surface area (Å²) in [5, 5.41) is 20.9. The Kier molecular flexibility index (Phi) is 5.56. The van der Waals surface area contributed by atoms with E-state index in [0.717, 1.165) is 43.7 Å². The third-order valence-corrected chi connectivity index (χ3v) is 6.99. The van der Waals surface area contributed by atoms with Crippen LogP contribution >= 0.6 is 11.8 Å². The second kappa shape index (κ2) is 9.17. The normalized spacial score (nSPS) is 11.1. The topological polar surface area (TPSA) is 71.8 Å². The molecule has 3 aromatic carbocycles. The zero-order valence-corrected chi connectivity index (χ0v) is 20.1. The van der Waals surface area contributed by atoms with Gasteiger partial charge >= 0.3 is 0 Å². The molecule has 0 atom stereocenters. The van der Waals surface area contributed by atoms with Gasteiger partial charge in [-0.25, -0.2) is 4.98 Å². The lowest BCUT2D eigenvalue weighted by molar-refractivity contribution is 0.730. The summed E-state index contributed by atoms with van der Waals surface area (Å²) in [7, 11) is 0. The van der Waals surface area contributed by atoms with Gasteiger partial charge in [0.2, 0.25) is 0 Å². The van der Waals surface area contributed by atoms with Gasteiger partial charge in [0.25, 0.3) is 0 Å². The molecule has 172 valence electrons. The first-order chi connectivity index (χ1) is 17.8. The molecule has 0 saturated carbocycles. The van der Waals surface area contributed by atoms with E-state index >= 15 is 0 Å². The molecule has 6 aromatic rings. The molecule has 3 heterocycles. The molecule has 0 N–H and O–H groups in total. The van der Waals surface area contributed by atoms with Crippen LogP contribution in [0.2, 0.25) is 0 Å². The zero-order valence-electron chi connectivity index (χ0n) is 19.2. The monoisotopic (exact) mass is 484 g/mol. The predicted octanol–water partition coefficient (Wildman–Crippen LogP) is 6.62. The second-order valence-corrected chi connectivity index (χ2v) is 9.17. The molecule has 7 heteroatoms. The molecule has 0 spiro atoms. The fourth-order valence-corrected chi connectivity index (χ4v) is 5.37. The number of hydrogen-bond acceptors (Lipinski definition) is 5. The van der Waals surface area contributed by atoms with E-state index in [9.17, 15) is 5.26 Å². The Bertz CT molecular complexity index is 1760. The molecule has 0 aliphatic carbocycles. The number of nitriles is 1. The molecule has 6 nitrogen and oxygen atoms in total. The molecule has 0 saturated heterocycles. The van der Waals surface area contributed by atoms with E-state index in [0.29, 0.717) is 17.8 Å². The first-order valence-electron chi connectivity index (χ1n) is 11.5. The van der Waals surface area contributed by atoms with Gasteiger partial charge in [-0.1, -0.05) is 78.9 Å². The summed E-state index contributed by atoms with van der Waals surface area (Å²) in [5.74, 6) is 0.779. The molecular formula is C29H20N6S. The number of imidazole rings is 1. The fourth-order valence-electron chi connectivity index (χ4n) is 4.38. The van der Waals surface area contributed by atoms with Crippen LogP contribution in [0.15, 0.2) is 114 Å². The van der Waals surface area contributed by atoms with E-state index in [-0.39, 0.29) is 0 Å². The number of hydrogen-bond donors (Lipinski definition) is 0. The Morgan fingerprint density at radius 3 is 2.31 bits per heavy atom. The van der Waals surface area contributed by atoms with Crippen molar-refractivity contribution in [2.45, 2.75) is 16.7 Å². The summed E-state index contributed by atoms with van der Waals surface area (Å²) < 4.78 is 4.10. The Hall–Kier alpha value is -4.67. The molecular weight excluding hydrogens is 464 g/mol. The first kappa shape index (κ1) is 21.8. The van der Waals surface area contributed by atoms with Crippen LogP contribution in [0.5, 0.6) is 0 Å². The lowest BCUT2D eigenvalue weighted by atomic mass is 10.0. The summed E-state index contributed by atoms with van der Waals surface area (Å²) in [5.41, 5.74) is 5.72. The Morgan fingerprint density at radius 2 is 1.58 bits per heavy atom. The lowest BCUT2D eigenvalue weighted by Gasteiger charge is -2.13. The molecule has 0 unspecified atom stereocenters. The maximum Gasteiger partial charge on any atom is 0.198 e. The number of nitrogens with zero attached hydrogens (tertiary/aromatic N) is 6. The maximum atomic E-state index is 10.2. The molecule has 36 heavy (non-hydrogen) atoms. The smallest absolute Gasteiger partial charge is 0.198 e. The van der Waals surface area contributed by atoms with Gasteiger partial charge in [-0.15, -0.1) is 16.8 Å². The van der Waals surface area contributed by atoms with Crippen LogP contribution in [0.25, 0.3) is 39.2 Å². The molecule has 0 fully saturated rings. The minimum Gasteiger partial charge on any atom is -0.298 e. The Labute approximate surface area is 212 Å². The average molecular weight is 485 g/mol. The van der Waals surface area contributed by atoms with Gasteiger partial charge in [-0.05, 0) is 35.5 Å². The van der Waals surface area contributed by atoms with E-state index in [4.69, 9.17) is 4.98 Å². The van der Waals surface area contributed by atoms with E-state index in [1.165, 1.54) is 11.8 Å². The van der Waals surface area contributed by atoms with Crippen LogP contribution in [0.1, 0.15) is 5.56 Å². The van der Waals surface area contributed by atoms with Crippen molar-refractivity contribution in [3.05, 3.63) is 109 Å². The number of benzene rings is 3. The van der Waals surface area contributed by atoms with Crippen LogP contribution in [0, 0.1) is 11.3 Å². The SMILES string of the molecule is C=CCn1c(Sc2cc(-c3ccccc3)c(C#N)c3nc4ccccc4n23)nnc1-c1ccccc1. The number of aromatic nitrogens is 5. The van der Waals surface area contributed by atoms with E-state index in [1.54, 1.807) is 0 Å². The van der Waals surface area contributed by atoms with Crippen LogP contribution in [0.3, 0.4) is 0 Å². The van der Waals surface area contributed by atoms with Crippen LogP contribution < -0.4 is 0 Å². The average Bonchev–Trinajstić information content (AvgIpc) is 3.51. The van der Waals surface area contributed by atoms with E-state index in [1.807, 2.05) is 95.4 Å². The molecule has 0 aliphatic rings. The first-order valence-corrected chi connectivity index (χ1v) is 12.3. The number of rotatable bonds is 6. The summed E-state index contributed by atoms with van der Waals surface area (Å²) in [4.78, 5) is 4.85. The molecule has 6 rings (SSSR count). The van der Waals surface area contributed by atoms with Gasteiger partial charge in [-0.2, -0.15) is 5.26 Å². The van der Waals surface area contributed by atoms with Crippen LogP contribution in [0.4, 0.5) is 0 Å². The Morgan fingerprint density at radius 1 is 0.889 bits per heavy atom. The number of allylic oxidation sites excluding steroid dienone is 1. The minimum atomic E-state index is 0.541. The minimum absolute atomic E-state index is 0.541. The zero-order chi connectivity index (χ0) is 24.5. The summed E-state index contributed by atoms with van der Waals surface area (Å²) in [6.07, 6.45) is 1.84. The molecule has 0 aliphatic heterocycles. The van der Waals surface area contributed by atoms with Gasteiger partial charge < -0.3 is 0 Å². The van der Waals surface area contributed by atoms with Crippen molar-refractivity contribution < 1.29 is 0 Å². The summed E-state index contributed by atoms with van der Waals surface area (Å²) in [6.45, 7) is 4.51.